The summed E-state index contributed by atoms with van der Waals surface area (Å²) in [7, 11) is 0. The Hall–Kier alpha value is -2.85. The van der Waals surface area contributed by atoms with Crippen LogP contribution in [-0.2, 0) is 19.1 Å². The highest BCUT2D eigenvalue weighted by atomic mass is 16.6. The lowest BCUT2D eigenvalue weighted by Crippen LogP contribution is -2.57. The number of benzene rings is 1. The number of hydrogen-bond donors (Lipinski definition) is 0. The summed E-state index contributed by atoms with van der Waals surface area (Å²) in [5.41, 5.74) is 3.27. The number of rotatable bonds is 4. The topological polar surface area (TPSA) is 72.9 Å². The van der Waals surface area contributed by atoms with Crippen LogP contribution in [0.2, 0.25) is 0 Å². The lowest BCUT2D eigenvalue weighted by molar-refractivity contribution is -0.154. The standard InChI is InChI=1S/C22H27NO5/c1-6-16(15-11-9-8-10-12-15)18-17(24)13-14-23(19(18)20(25)27-7-2)21(26)28-22(3,4)5/h8-12,18-19H,1,7,13-14H2,2-5H3/t18?,19-/m1/s1. The summed E-state index contributed by atoms with van der Waals surface area (Å²) < 4.78 is 10.7. The van der Waals surface area contributed by atoms with Gasteiger partial charge in [0, 0.05) is 18.5 Å². The van der Waals surface area contributed by atoms with E-state index >= 15 is 0 Å². The van der Waals surface area contributed by atoms with Gasteiger partial charge in [0.1, 0.15) is 17.4 Å². The summed E-state index contributed by atoms with van der Waals surface area (Å²) in [6.07, 6.45) is -0.544. The lowest BCUT2D eigenvalue weighted by Gasteiger charge is -2.39. The molecule has 150 valence electrons. The van der Waals surface area contributed by atoms with E-state index in [1.165, 1.54) is 4.90 Å². The summed E-state index contributed by atoms with van der Waals surface area (Å²) >= 11 is 0. The zero-order valence-corrected chi connectivity index (χ0v) is 16.9. The predicted octanol–water partition coefficient (Wildman–Crippen LogP) is 3.61. The van der Waals surface area contributed by atoms with Gasteiger partial charge in [-0.05, 0) is 33.3 Å². The van der Waals surface area contributed by atoms with Gasteiger partial charge in [-0.3, -0.25) is 9.69 Å². The fraction of sp³-hybridized carbons (Fsp3) is 0.455. The van der Waals surface area contributed by atoms with Crippen LogP contribution in [0, 0.1) is 5.92 Å². The first-order valence-electron chi connectivity index (χ1n) is 9.34. The van der Waals surface area contributed by atoms with E-state index < -0.39 is 29.6 Å². The minimum absolute atomic E-state index is 0.0902. The fourth-order valence-corrected chi connectivity index (χ4v) is 3.23. The number of amides is 1. The monoisotopic (exact) mass is 385 g/mol. The van der Waals surface area contributed by atoms with Crippen molar-refractivity contribution < 1.29 is 23.9 Å². The molecule has 0 aromatic heterocycles. The molecule has 1 heterocycles. The molecular weight excluding hydrogens is 358 g/mol. The van der Waals surface area contributed by atoms with Crippen molar-refractivity contribution in [1.82, 2.24) is 4.90 Å². The zero-order chi connectivity index (χ0) is 20.9. The van der Waals surface area contributed by atoms with Gasteiger partial charge in [0.25, 0.3) is 0 Å². The molecule has 1 aliphatic rings. The maximum absolute atomic E-state index is 12.9. The van der Waals surface area contributed by atoms with Crippen LogP contribution in [0.15, 0.2) is 42.6 Å². The Kier molecular flexibility index (Phi) is 6.81. The summed E-state index contributed by atoms with van der Waals surface area (Å²) in [6.45, 7) is 10.9. The molecule has 0 aliphatic carbocycles. The molecule has 2 rings (SSSR count). The Labute approximate surface area is 165 Å². The molecule has 0 saturated carbocycles. The zero-order valence-electron chi connectivity index (χ0n) is 16.9. The van der Waals surface area contributed by atoms with Gasteiger partial charge in [-0.2, -0.15) is 0 Å². The van der Waals surface area contributed by atoms with Gasteiger partial charge >= 0.3 is 12.1 Å². The number of ether oxygens (including phenoxy) is 2. The first-order chi connectivity index (χ1) is 13.2. The number of carbonyl (C=O) groups excluding carboxylic acids is 3. The van der Waals surface area contributed by atoms with Crippen molar-refractivity contribution in [3.05, 3.63) is 48.2 Å². The van der Waals surface area contributed by atoms with E-state index in [4.69, 9.17) is 9.47 Å². The van der Waals surface area contributed by atoms with Crippen LogP contribution in [0.4, 0.5) is 4.79 Å². The predicted molar refractivity (Wildman–Crippen MR) is 105 cm³/mol. The Bertz CT molecular complexity index is 787. The molecule has 1 aromatic rings. The second-order valence-electron chi connectivity index (χ2n) is 7.52. The maximum atomic E-state index is 12.9. The molecular formula is C22H27NO5. The number of Topliss-reactive ketones (excluding diaryl/α,β-unsaturated/α-hetero) is 1. The van der Waals surface area contributed by atoms with Crippen molar-refractivity contribution >= 4 is 23.4 Å². The van der Waals surface area contributed by atoms with Crippen LogP contribution in [-0.4, -0.2) is 47.5 Å². The normalized spacial score (nSPS) is 19.6. The Morgan fingerprint density at radius 2 is 1.89 bits per heavy atom. The molecule has 1 aliphatic heterocycles. The molecule has 28 heavy (non-hydrogen) atoms. The third-order valence-electron chi connectivity index (χ3n) is 4.34. The average molecular weight is 385 g/mol. The summed E-state index contributed by atoms with van der Waals surface area (Å²) in [4.78, 5) is 39.7. The third-order valence-corrected chi connectivity index (χ3v) is 4.34. The van der Waals surface area contributed by atoms with Crippen LogP contribution in [0.25, 0.3) is 5.57 Å². The third kappa shape index (κ3) is 4.90. The fourth-order valence-electron chi connectivity index (χ4n) is 3.23. The smallest absolute Gasteiger partial charge is 0.411 e. The van der Waals surface area contributed by atoms with E-state index in [1.807, 2.05) is 30.3 Å². The average Bonchev–Trinajstić information content (AvgIpc) is 2.63. The van der Waals surface area contributed by atoms with Crippen LogP contribution in [0.1, 0.15) is 39.7 Å². The highest BCUT2D eigenvalue weighted by Gasteiger charge is 2.47. The van der Waals surface area contributed by atoms with Gasteiger partial charge in [-0.1, -0.05) is 36.9 Å². The molecule has 0 N–H and O–H groups in total. The van der Waals surface area contributed by atoms with Gasteiger partial charge < -0.3 is 9.47 Å². The number of nitrogens with zero attached hydrogens (tertiary/aromatic N) is 1. The van der Waals surface area contributed by atoms with Crippen molar-refractivity contribution in [2.24, 2.45) is 5.92 Å². The molecule has 0 bridgehead atoms. The summed E-state index contributed by atoms with van der Waals surface area (Å²) in [6, 6.07) is 8.00. The molecule has 2 atom stereocenters. The van der Waals surface area contributed by atoms with E-state index in [-0.39, 0.29) is 25.4 Å². The summed E-state index contributed by atoms with van der Waals surface area (Å²) in [5.74, 6) is -1.72. The van der Waals surface area contributed by atoms with Crippen LogP contribution in [0.5, 0.6) is 0 Å². The lowest BCUT2D eigenvalue weighted by atomic mass is 9.79. The largest absolute Gasteiger partial charge is 0.464 e. The van der Waals surface area contributed by atoms with Gasteiger partial charge in [-0.15, -0.1) is 5.73 Å². The molecule has 1 saturated heterocycles. The Balaban J connectivity index is 2.50. The van der Waals surface area contributed by atoms with E-state index in [1.54, 1.807) is 27.7 Å². The minimum atomic E-state index is -1.12. The van der Waals surface area contributed by atoms with E-state index in [0.717, 1.165) is 5.56 Å². The molecule has 6 nitrogen and oxygen atoms in total. The van der Waals surface area contributed by atoms with Gasteiger partial charge in [0.05, 0.1) is 12.5 Å². The molecule has 0 spiro atoms. The van der Waals surface area contributed by atoms with Gasteiger partial charge in [-0.25, -0.2) is 9.59 Å². The Morgan fingerprint density at radius 1 is 1.25 bits per heavy atom. The van der Waals surface area contributed by atoms with Gasteiger partial charge in [0.15, 0.2) is 0 Å². The molecule has 1 fully saturated rings. The van der Waals surface area contributed by atoms with Crippen LogP contribution >= 0.6 is 0 Å². The van der Waals surface area contributed by atoms with E-state index in [9.17, 15) is 14.4 Å². The number of likely N-dealkylation sites (tertiary alicyclic amines) is 1. The molecule has 1 aromatic carbocycles. The number of hydrogen-bond acceptors (Lipinski definition) is 5. The number of ketones is 1. The Morgan fingerprint density at radius 3 is 2.43 bits per heavy atom. The highest BCUT2D eigenvalue weighted by Crippen LogP contribution is 2.34. The van der Waals surface area contributed by atoms with Gasteiger partial charge in [0.2, 0.25) is 0 Å². The van der Waals surface area contributed by atoms with Crippen molar-refractivity contribution in [1.29, 1.82) is 0 Å². The first kappa shape index (κ1) is 21.5. The maximum Gasteiger partial charge on any atom is 0.411 e. The van der Waals surface area contributed by atoms with E-state index in [0.29, 0.717) is 5.57 Å². The SMILES string of the molecule is C=C=C(c1ccccc1)C1C(=O)CCN(C(=O)OC(C)(C)C)[C@H]1C(=O)OCC. The minimum Gasteiger partial charge on any atom is -0.464 e. The van der Waals surface area contributed by atoms with Crippen molar-refractivity contribution in [2.75, 3.05) is 13.2 Å². The van der Waals surface area contributed by atoms with Crippen molar-refractivity contribution in [3.8, 4) is 0 Å². The second kappa shape index (κ2) is 8.89. The summed E-state index contributed by atoms with van der Waals surface area (Å²) in [5, 5.41) is 0. The molecule has 1 amide bonds. The second-order valence-corrected chi connectivity index (χ2v) is 7.52. The quantitative estimate of drug-likeness (QED) is 0.585. The number of piperidine rings is 1. The van der Waals surface area contributed by atoms with Crippen molar-refractivity contribution in [3.63, 3.8) is 0 Å². The van der Waals surface area contributed by atoms with Crippen LogP contribution in [0.3, 0.4) is 0 Å². The highest BCUT2D eigenvalue weighted by molar-refractivity contribution is 6.01. The number of esters is 1. The van der Waals surface area contributed by atoms with E-state index in [2.05, 4.69) is 12.3 Å². The molecule has 1 unspecified atom stereocenters. The van der Waals surface area contributed by atoms with Crippen molar-refractivity contribution in [2.45, 2.75) is 45.8 Å². The first-order valence-corrected chi connectivity index (χ1v) is 9.34. The molecule has 6 heteroatoms. The number of carbonyl (C=O) groups is 3. The molecule has 0 radical (unpaired) electrons. The van der Waals surface area contributed by atoms with Crippen LogP contribution < -0.4 is 0 Å².